The van der Waals surface area contributed by atoms with Crippen LogP contribution in [-0.2, 0) is 4.79 Å². The van der Waals surface area contributed by atoms with Crippen LogP contribution in [0, 0.1) is 5.92 Å². The highest BCUT2D eigenvalue weighted by molar-refractivity contribution is 5.81. The Hall–Kier alpha value is -2.24. The molecule has 6 heteroatoms. The van der Waals surface area contributed by atoms with Crippen molar-refractivity contribution in [2.24, 2.45) is 10.9 Å². The summed E-state index contributed by atoms with van der Waals surface area (Å²) in [5, 5.41) is 3.39. The van der Waals surface area contributed by atoms with Gasteiger partial charge in [-0.25, -0.2) is 0 Å². The molecule has 2 saturated heterocycles. The van der Waals surface area contributed by atoms with Crippen molar-refractivity contribution in [3.63, 3.8) is 0 Å². The number of hydrogen-bond acceptors (Lipinski definition) is 3. The minimum absolute atomic E-state index is 0.257. The van der Waals surface area contributed by atoms with E-state index in [0.717, 1.165) is 50.7 Å². The lowest BCUT2D eigenvalue weighted by Crippen LogP contribution is -2.43. The van der Waals surface area contributed by atoms with Gasteiger partial charge < -0.3 is 19.9 Å². The molecule has 1 aromatic rings. The number of methoxy groups -OCH3 is 1. The molecule has 3 rings (SSSR count). The van der Waals surface area contributed by atoms with E-state index in [2.05, 4.69) is 34.3 Å². The molecule has 2 aliphatic heterocycles. The number of likely N-dealkylation sites (tertiary alicyclic amines) is 2. The van der Waals surface area contributed by atoms with Gasteiger partial charge in [-0.15, -0.1) is 0 Å². The zero-order valence-corrected chi connectivity index (χ0v) is 17.5. The molecule has 1 N–H and O–H groups in total. The summed E-state index contributed by atoms with van der Waals surface area (Å²) in [7, 11) is 3.51. The summed E-state index contributed by atoms with van der Waals surface area (Å²) >= 11 is 0. The number of nitrogens with zero attached hydrogens (tertiary/aromatic N) is 3. The third kappa shape index (κ3) is 5.18. The Morgan fingerprint density at radius 3 is 2.64 bits per heavy atom. The second kappa shape index (κ2) is 9.80. The fourth-order valence-electron chi connectivity index (χ4n) is 4.29. The molecule has 0 saturated carbocycles. The normalized spacial score (nSPS) is 23.0. The van der Waals surface area contributed by atoms with Crippen LogP contribution >= 0.6 is 0 Å². The van der Waals surface area contributed by atoms with Gasteiger partial charge in [-0.1, -0.05) is 19.1 Å². The first kappa shape index (κ1) is 20.5. The highest BCUT2D eigenvalue weighted by Gasteiger charge is 2.26. The third-order valence-corrected chi connectivity index (χ3v) is 5.92. The number of carbonyl (C=O) groups excluding carboxylic acids is 1. The lowest BCUT2D eigenvalue weighted by molar-refractivity contribution is -0.132. The van der Waals surface area contributed by atoms with E-state index < -0.39 is 0 Å². The molecule has 28 heavy (non-hydrogen) atoms. The molecule has 2 heterocycles. The van der Waals surface area contributed by atoms with Crippen LogP contribution in [0.1, 0.15) is 44.1 Å². The Kier molecular flexibility index (Phi) is 7.18. The third-order valence-electron chi connectivity index (χ3n) is 5.92. The molecular weight excluding hydrogens is 352 g/mol. The number of benzene rings is 1. The van der Waals surface area contributed by atoms with E-state index in [4.69, 9.17) is 4.74 Å². The van der Waals surface area contributed by atoms with Gasteiger partial charge in [0.1, 0.15) is 5.75 Å². The van der Waals surface area contributed by atoms with Crippen molar-refractivity contribution in [3.8, 4) is 5.75 Å². The lowest BCUT2D eigenvalue weighted by atomic mass is 9.98. The van der Waals surface area contributed by atoms with Gasteiger partial charge in [-0.3, -0.25) is 9.79 Å². The summed E-state index contributed by atoms with van der Waals surface area (Å²) in [6.45, 7) is 6.61. The molecule has 1 aromatic carbocycles. The number of guanidine groups is 1. The first-order valence-corrected chi connectivity index (χ1v) is 10.5. The van der Waals surface area contributed by atoms with E-state index in [1.807, 2.05) is 24.1 Å². The van der Waals surface area contributed by atoms with Crippen molar-refractivity contribution < 1.29 is 9.53 Å². The minimum atomic E-state index is 0.257. The molecule has 0 aromatic heterocycles. The quantitative estimate of drug-likeness (QED) is 0.624. The van der Waals surface area contributed by atoms with E-state index in [0.29, 0.717) is 24.8 Å². The van der Waals surface area contributed by atoms with Crippen molar-refractivity contribution in [1.29, 1.82) is 0 Å². The van der Waals surface area contributed by atoms with Gasteiger partial charge in [0.05, 0.1) is 7.11 Å². The van der Waals surface area contributed by atoms with E-state index in [-0.39, 0.29) is 5.91 Å². The highest BCUT2D eigenvalue weighted by Crippen LogP contribution is 2.28. The number of hydrogen-bond donors (Lipinski definition) is 1. The number of aliphatic imine (C=N–C) groups is 1. The molecule has 2 unspecified atom stereocenters. The Bertz CT molecular complexity index is 674. The Balaban J connectivity index is 1.45. The summed E-state index contributed by atoms with van der Waals surface area (Å²) in [5.74, 6) is 3.17. The van der Waals surface area contributed by atoms with E-state index in [9.17, 15) is 4.79 Å². The fraction of sp³-hybridized carbons (Fsp3) is 0.636. The van der Waals surface area contributed by atoms with Gasteiger partial charge >= 0.3 is 0 Å². The number of rotatable bonds is 5. The van der Waals surface area contributed by atoms with Crippen molar-refractivity contribution >= 4 is 11.9 Å². The first-order valence-electron chi connectivity index (χ1n) is 10.5. The van der Waals surface area contributed by atoms with Crippen LogP contribution < -0.4 is 10.1 Å². The maximum Gasteiger partial charge on any atom is 0.224 e. The second-order valence-corrected chi connectivity index (χ2v) is 8.02. The summed E-state index contributed by atoms with van der Waals surface area (Å²) in [5.41, 5.74) is 1.34. The van der Waals surface area contributed by atoms with Gasteiger partial charge in [0.15, 0.2) is 5.96 Å². The average Bonchev–Trinajstić information content (AvgIpc) is 3.21. The van der Waals surface area contributed by atoms with Crippen LogP contribution in [0.2, 0.25) is 0 Å². The van der Waals surface area contributed by atoms with Crippen molar-refractivity contribution in [3.05, 3.63) is 29.8 Å². The van der Waals surface area contributed by atoms with E-state index in [1.54, 1.807) is 7.11 Å². The minimum Gasteiger partial charge on any atom is -0.497 e. The monoisotopic (exact) mass is 386 g/mol. The fourth-order valence-corrected chi connectivity index (χ4v) is 4.29. The predicted octanol–water partition coefficient (Wildman–Crippen LogP) is 2.71. The SMILES string of the molecule is CN=C(NCCC(=O)N1CCCC(C)C1)N1CCC(c2ccc(OC)cc2)C1. The molecule has 0 bridgehead atoms. The molecule has 2 aliphatic rings. The van der Waals surface area contributed by atoms with Crippen molar-refractivity contribution in [2.45, 2.75) is 38.5 Å². The van der Waals surface area contributed by atoms with Crippen molar-refractivity contribution in [2.75, 3.05) is 46.9 Å². The smallest absolute Gasteiger partial charge is 0.224 e. The Morgan fingerprint density at radius 2 is 1.96 bits per heavy atom. The van der Waals surface area contributed by atoms with Gasteiger partial charge in [0.25, 0.3) is 0 Å². The zero-order valence-electron chi connectivity index (χ0n) is 17.5. The van der Waals surface area contributed by atoms with E-state index in [1.165, 1.54) is 12.0 Å². The Morgan fingerprint density at radius 1 is 1.18 bits per heavy atom. The lowest BCUT2D eigenvalue weighted by Gasteiger charge is -2.31. The molecule has 2 atom stereocenters. The van der Waals surface area contributed by atoms with Gasteiger partial charge in [0.2, 0.25) is 5.91 Å². The van der Waals surface area contributed by atoms with E-state index >= 15 is 0 Å². The largest absolute Gasteiger partial charge is 0.497 e. The van der Waals surface area contributed by atoms with Crippen LogP contribution in [0.15, 0.2) is 29.3 Å². The van der Waals surface area contributed by atoms with Crippen LogP contribution in [0.4, 0.5) is 0 Å². The number of amides is 1. The summed E-state index contributed by atoms with van der Waals surface area (Å²) in [6.07, 6.45) is 4.00. The molecule has 0 radical (unpaired) electrons. The van der Waals surface area contributed by atoms with Crippen LogP contribution in [0.3, 0.4) is 0 Å². The summed E-state index contributed by atoms with van der Waals surface area (Å²) in [6, 6.07) is 8.36. The molecular formula is C22H34N4O2. The predicted molar refractivity (Wildman–Crippen MR) is 113 cm³/mol. The molecule has 0 spiro atoms. The van der Waals surface area contributed by atoms with Crippen LogP contribution in [-0.4, -0.2) is 68.5 Å². The Labute approximate surface area is 168 Å². The first-order chi connectivity index (χ1) is 13.6. The van der Waals surface area contributed by atoms with Crippen LogP contribution in [0.25, 0.3) is 0 Å². The van der Waals surface area contributed by atoms with Gasteiger partial charge in [-0.2, -0.15) is 0 Å². The standard InChI is InChI=1S/C22H34N4O2/c1-17-5-4-13-25(15-17)21(27)10-12-24-22(23-2)26-14-11-19(16-26)18-6-8-20(28-3)9-7-18/h6-9,17,19H,4-5,10-16H2,1-3H3,(H,23,24). The summed E-state index contributed by atoms with van der Waals surface area (Å²) < 4.78 is 5.25. The highest BCUT2D eigenvalue weighted by atomic mass is 16.5. The molecule has 0 aliphatic carbocycles. The average molecular weight is 387 g/mol. The molecule has 1 amide bonds. The molecule has 2 fully saturated rings. The summed E-state index contributed by atoms with van der Waals surface area (Å²) in [4.78, 5) is 21.2. The number of carbonyl (C=O) groups is 1. The maximum atomic E-state index is 12.4. The maximum absolute atomic E-state index is 12.4. The molecule has 154 valence electrons. The number of piperidine rings is 1. The second-order valence-electron chi connectivity index (χ2n) is 8.02. The van der Waals surface area contributed by atoms with Gasteiger partial charge in [-0.05, 0) is 42.9 Å². The van der Waals surface area contributed by atoms with Gasteiger partial charge in [0, 0.05) is 52.1 Å². The zero-order chi connectivity index (χ0) is 19.9. The topological polar surface area (TPSA) is 57.2 Å². The molecule has 6 nitrogen and oxygen atoms in total. The van der Waals surface area contributed by atoms with Crippen LogP contribution in [0.5, 0.6) is 5.75 Å². The number of nitrogens with one attached hydrogen (secondary N) is 1. The van der Waals surface area contributed by atoms with Crippen molar-refractivity contribution in [1.82, 2.24) is 15.1 Å². The number of ether oxygens (including phenoxy) is 1.